The third kappa shape index (κ3) is 2.99. The third-order valence-corrected chi connectivity index (χ3v) is 4.83. The quantitative estimate of drug-likeness (QED) is 0.616. The molecule has 1 aromatic carbocycles. The van der Waals surface area contributed by atoms with Crippen molar-refractivity contribution in [1.29, 1.82) is 0 Å². The first kappa shape index (κ1) is 16.4. The largest absolute Gasteiger partial charge is 0.419 e. The second kappa shape index (κ2) is 5.87. The molecule has 2 aliphatic rings. The molecule has 0 radical (unpaired) electrons. The number of alkyl halides is 3. The molecule has 3 rings (SSSR count). The van der Waals surface area contributed by atoms with Crippen LogP contribution in [-0.2, 0) is 10.9 Å². The number of piperidine rings is 1. The van der Waals surface area contributed by atoms with E-state index in [2.05, 4.69) is 4.90 Å². The van der Waals surface area contributed by atoms with Gasteiger partial charge in [-0.05, 0) is 32.0 Å². The molecule has 0 amide bonds. The van der Waals surface area contributed by atoms with Crippen LogP contribution in [0, 0.1) is 11.7 Å². The van der Waals surface area contributed by atoms with E-state index < -0.39 is 34.8 Å². The van der Waals surface area contributed by atoms with Gasteiger partial charge in [-0.15, -0.1) is 0 Å². The highest BCUT2D eigenvalue weighted by molar-refractivity contribution is 5.98. The van der Waals surface area contributed by atoms with E-state index in [1.165, 1.54) is 0 Å². The number of morpholine rings is 1. The lowest BCUT2D eigenvalue weighted by atomic mass is 9.80. The van der Waals surface area contributed by atoms with Crippen LogP contribution in [0.25, 0.3) is 0 Å². The summed E-state index contributed by atoms with van der Waals surface area (Å²) in [5.74, 6) is -2.48. The molecule has 0 saturated carbocycles. The van der Waals surface area contributed by atoms with Crippen molar-refractivity contribution in [3.63, 3.8) is 0 Å². The minimum absolute atomic E-state index is 0.0466. The van der Waals surface area contributed by atoms with Crippen LogP contribution in [-0.4, -0.2) is 43.0 Å². The number of halogens is 4. The van der Waals surface area contributed by atoms with Gasteiger partial charge in [-0.2, -0.15) is 13.2 Å². The van der Waals surface area contributed by atoms with Gasteiger partial charge in [0, 0.05) is 18.0 Å². The van der Waals surface area contributed by atoms with E-state index >= 15 is 0 Å². The van der Waals surface area contributed by atoms with Crippen LogP contribution in [0.2, 0.25) is 0 Å². The molecule has 0 aromatic heterocycles. The molecule has 2 atom stereocenters. The summed E-state index contributed by atoms with van der Waals surface area (Å²) in [6, 6.07) is 2.97. The van der Waals surface area contributed by atoms with E-state index in [9.17, 15) is 22.4 Å². The first-order valence-corrected chi connectivity index (χ1v) is 7.48. The molecule has 2 heterocycles. The Balaban J connectivity index is 1.87. The fraction of sp³-hybridized carbons (Fsp3) is 0.562. The number of hydrogen-bond donors (Lipinski definition) is 0. The Kier molecular flexibility index (Phi) is 4.18. The highest BCUT2D eigenvalue weighted by Gasteiger charge is 2.41. The van der Waals surface area contributed by atoms with E-state index in [0.717, 1.165) is 12.1 Å². The molecule has 1 aromatic rings. The number of fused-ring (bicyclic) bond motifs is 2. The van der Waals surface area contributed by atoms with Gasteiger partial charge in [0.2, 0.25) is 0 Å². The Morgan fingerprint density at radius 2 is 1.83 bits per heavy atom. The van der Waals surface area contributed by atoms with Crippen molar-refractivity contribution in [3.05, 3.63) is 35.1 Å². The van der Waals surface area contributed by atoms with Gasteiger partial charge >= 0.3 is 6.18 Å². The number of benzene rings is 1. The van der Waals surface area contributed by atoms with E-state index in [4.69, 9.17) is 4.74 Å². The van der Waals surface area contributed by atoms with Gasteiger partial charge in [0.1, 0.15) is 5.82 Å². The van der Waals surface area contributed by atoms with Gasteiger partial charge < -0.3 is 4.74 Å². The first-order chi connectivity index (χ1) is 10.8. The van der Waals surface area contributed by atoms with Gasteiger partial charge in [-0.25, -0.2) is 4.39 Å². The van der Waals surface area contributed by atoms with Gasteiger partial charge in [0.05, 0.1) is 24.3 Å². The maximum absolute atomic E-state index is 14.2. The second-order valence-electron chi connectivity index (χ2n) is 6.21. The minimum atomic E-state index is -4.81. The van der Waals surface area contributed by atoms with Crippen LogP contribution in [0.15, 0.2) is 18.2 Å². The molecule has 0 aliphatic carbocycles. The van der Waals surface area contributed by atoms with Crippen LogP contribution in [0.5, 0.6) is 0 Å². The smallest absolute Gasteiger partial charge is 0.378 e. The van der Waals surface area contributed by atoms with Gasteiger partial charge in [0.15, 0.2) is 5.78 Å². The van der Waals surface area contributed by atoms with Crippen molar-refractivity contribution in [3.8, 4) is 0 Å². The van der Waals surface area contributed by atoms with E-state index in [-0.39, 0.29) is 12.1 Å². The number of carbonyl (C=O) groups excluding carboxylic acids is 1. The fourth-order valence-electron chi connectivity index (χ4n) is 3.47. The zero-order valence-electron chi connectivity index (χ0n) is 12.6. The van der Waals surface area contributed by atoms with Crippen LogP contribution in [0.3, 0.4) is 0 Å². The summed E-state index contributed by atoms with van der Waals surface area (Å²) in [5.41, 5.74) is -1.85. The lowest BCUT2D eigenvalue weighted by Crippen LogP contribution is -2.55. The Morgan fingerprint density at radius 1 is 1.22 bits per heavy atom. The number of likely N-dealkylation sites (N-methyl/N-ethyl adjacent to an activating group) is 1. The number of ketones is 1. The average Bonchev–Trinajstić information content (AvgIpc) is 2.45. The summed E-state index contributed by atoms with van der Waals surface area (Å²) in [6.07, 6.45) is -3.86. The molecule has 2 unspecified atom stereocenters. The van der Waals surface area contributed by atoms with Crippen LogP contribution < -0.4 is 0 Å². The molecule has 2 fully saturated rings. The summed E-state index contributed by atoms with van der Waals surface area (Å²) < 4.78 is 58.0. The van der Waals surface area contributed by atoms with Crippen molar-refractivity contribution in [2.45, 2.75) is 31.1 Å². The number of nitrogens with zero attached hydrogens (tertiary/aromatic N) is 1. The highest BCUT2D eigenvalue weighted by atomic mass is 19.4. The topological polar surface area (TPSA) is 29.5 Å². The monoisotopic (exact) mass is 331 g/mol. The van der Waals surface area contributed by atoms with Crippen LogP contribution >= 0.6 is 0 Å². The normalized spacial score (nSPS) is 28.7. The van der Waals surface area contributed by atoms with Crippen molar-refractivity contribution in [1.82, 2.24) is 4.90 Å². The zero-order chi connectivity index (χ0) is 16.8. The van der Waals surface area contributed by atoms with Crippen LogP contribution in [0.4, 0.5) is 17.6 Å². The molecular formula is C16H17F4NO2. The summed E-state index contributed by atoms with van der Waals surface area (Å²) in [5, 5.41) is 0. The number of carbonyl (C=O) groups is 1. The van der Waals surface area contributed by atoms with Gasteiger partial charge in [-0.1, -0.05) is 6.07 Å². The Labute approximate surface area is 131 Å². The number of Topliss-reactive ketones (excluding diaryl/α,β-unsaturated/α-hetero) is 1. The Hall–Kier alpha value is -1.47. The van der Waals surface area contributed by atoms with E-state index in [0.29, 0.717) is 32.1 Å². The Morgan fingerprint density at radius 3 is 2.39 bits per heavy atom. The lowest BCUT2D eigenvalue weighted by Gasteiger charge is -2.46. The SMILES string of the molecule is CN1C2COCC1CC(C(=O)c1cccc(C(F)(F)F)c1F)C2. The maximum Gasteiger partial charge on any atom is 0.419 e. The molecule has 0 N–H and O–H groups in total. The molecule has 7 heteroatoms. The number of ether oxygens (including phenoxy) is 1. The molecule has 2 saturated heterocycles. The van der Waals surface area contributed by atoms with Gasteiger partial charge in [-0.3, -0.25) is 9.69 Å². The number of hydrogen-bond acceptors (Lipinski definition) is 3. The summed E-state index contributed by atoms with van der Waals surface area (Å²) in [6.45, 7) is 0.976. The predicted octanol–water partition coefficient (Wildman–Crippen LogP) is 3.14. The standard InChI is InChI=1S/C16H17F4NO2/c1-21-10-5-9(6-11(21)8-23-7-10)15(22)12-3-2-4-13(14(12)17)16(18,19)20/h2-4,9-11H,5-8H2,1H3. The van der Waals surface area contributed by atoms with Crippen molar-refractivity contribution in [2.24, 2.45) is 5.92 Å². The lowest BCUT2D eigenvalue weighted by molar-refractivity contribution is -0.140. The number of rotatable bonds is 2. The highest BCUT2D eigenvalue weighted by Crippen LogP contribution is 2.36. The summed E-state index contributed by atoms with van der Waals surface area (Å²) >= 11 is 0. The van der Waals surface area contributed by atoms with Crippen molar-refractivity contribution in [2.75, 3.05) is 20.3 Å². The molecular weight excluding hydrogens is 314 g/mol. The first-order valence-electron chi connectivity index (χ1n) is 7.48. The second-order valence-corrected chi connectivity index (χ2v) is 6.21. The zero-order valence-corrected chi connectivity index (χ0v) is 12.6. The van der Waals surface area contributed by atoms with Crippen molar-refractivity contribution >= 4 is 5.78 Å². The van der Waals surface area contributed by atoms with Gasteiger partial charge in [0.25, 0.3) is 0 Å². The molecule has 3 nitrogen and oxygen atoms in total. The molecule has 2 bridgehead atoms. The third-order valence-electron chi connectivity index (χ3n) is 4.83. The average molecular weight is 331 g/mol. The molecule has 23 heavy (non-hydrogen) atoms. The van der Waals surface area contributed by atoms with E-state index in [1.807, 2.05) is 7.05 Å². The molecule has 0 spiro atoms. The maximum atomic E-state index is 14.2. The summed E-state index contributed by atoms with van der Waals surface area (Å²) in [4.78, 5) is 14.7. The Bertz CT molecular complexity index is 603. The molecule has 2 aliphatic heterocycles. The fourth-order valence-corrected chi connectivity index (χ4v) is 3.47. The summed E-state index contributed by atoms with van der Waals surface area (Å²) in [7, 11) is 1.95. The van der Waals surface area contributed by atoms with E-state index in [1.54, 1.807) is 0 Å². The van der Waals surface area contributed by atoms with Crippen LogP contribution in [0.1, 0.15) is 28.8 Å². The predicted molar refractivity (Wildman–Crippen MR) is 74.6 cm³/mol. The molecule has 126 valence electrons. The van der Waals surface area contributed by atoms with Crippen molar-refractivity contribution < 1.29 is 27.1 Å². The minimum Gasteiger partial charge on any atom is -0.378 e.